The number of anilines is 2. The van der Waals surface area contributed by atoms with E-state index in [0.29, 0.717) is 25.1 Å². The van der Waals surface area contributed by atoms with Crippen LogP contribution in [0.1, 0.15) is 17.4 Å². The molecule has 10 heteroatoms. The van der Waals surface area contributed by atoms with Crippen LogP contribution in [0.4, 0.5) is 11.4 Å². The fourth-order valence-corrected chi connectivity index (χ4v) is 5.17. The summed E-state index contributed by atoms with van der Waals surface area (Å²) in [6.45, 7) is 0.515. The number of nitrogens with one attached hydrogen (secondary N) is 2. The lowest BCUT2D eigenvalue weighted by Gasteiger charge is -2.23. The third kappa shape index (κ3) is 4.92. The summed E-state index contributed by atoms with van der Waals surface area (Å²) in [5, 5.41) is 14.7. The van der Waals surface area contributed by atoms with Crippen molar-refractivity contribution in [2.75, 3.05) is 30.8 Å². The molecule has 2 N–H and O–H groups in total. The zero-order valence-corrected chi connectivity index (χ0v) is 21.9. The van der Waals surface area contributed by atoms with Gasteiger partial charge in [0.1, 0.15) is 12.3 Å². The third-order valence-corrected chi connectivity index (χ3v) is 7.28. The van der Waals surface area contributed by atoms with Crippen molar-refractivity contribution in [1.29, 1.82) is 0 Å². The van der Waals surface area contributed by atoms with Crippen molar-refractivity contribution < 1.29 is 14.3 Å². The molecule has 0 saturated carbocycles. The molecule has 1 fully saturated rings. The normalized spacial score (nSPS) is 15.3. The number of hydrogen-bond acceptors (Lipinski definition) is 6. The van der Waals surface area contributed by atoms with Gasteiger partial charge in [0.15, 0.2) is 6.23 Å². The van der Waals surface area contributed by atoms with Crippen molar-refractivity contribution >= 4 is 51.0 Å². The van der Waals surface area contributed by atoms with Crippen molar-refractivity contribution in [3.8, 4) is 16.9 Å². The van der Waals surface area contributed by atoms with Crippen LogP contribution < -0.4 is 10.6 Å². The SMILES string of the molecule is CNc1cc(CCN2C(=O)COC2c2cn(-c3ccc(Br)cc3)nc2-c2ccsc2)ccc1NC=O. The average Bonchev–Trinajstić information content (AvgIpc) is 3.64. The van der Waals surface area contributed by atoms with Gasteiger partial charge >= 0.3 is 0 Å². The molecule has 0 spiro atoms. The number of halogens is 1. The Morgan fingerprint density at radius 3 is 2.75 bits per heavy atom. The first-order valence-corrected chi connectivity index (χ1v) is 13.1. The van der Waals surface area contributed by atoms with Gasteiger partial charge in [0.2, 0.25) is 6.41 Å². The van der Waals surface area contributed by atoms with E-state index >= 15 is 0 Å². The number of rotatable bonds is 9. The van der Waals surface area contributed by atoms with Gasteiger partial charge in [0.25, 0.3) is 5.91 Å². The number of carbonyl (C=O) groups is 2. The molecule has 184 valence electrons. The summed E-state index contributed by atoms with van der Waals surface area (Å²) in [7, 11) is 1.80. The zero-order valence-electron chi connectivity index (χ0n) is 19.5. The van der Waals surface area contributed by atoms with E-state index in [1.165, 1.54) is 0 Å². The molecule has 5 rings (SSSR count). The molecule has 1 aliphatic heterocycles. The molecule has 0 aliphatic carbocycles. The Balaban J connectivity index is 1.43. The summed E-state index contributed by atoms with van der Waals surface area (Å²) in [5.74, 6) is -0.0549. The molecule has 36 heavy (non-hydrogen) atoms. The largest absolute Gasteiger partial charge is 0.386 e. The maximum atomic E-state index is 12.9. The first kappa shape index (κ1) is 24.2. The highest BCUT2D eigenvalue weighted by Gasteiger charge is 2.36. The van der Waals surface area contributed by atoms with E-state index in [1.807, 2.05) is 70.2 Å². The van der Waals surface area contributed by atoms with Gasteiger partial charge in [-0.25, -0.2) is 4.68 Å². The highest BCUT2D eigenvalue weighted by Crippen LogP contribution is 2.36. The van der Waals surface area contributed by atoms with E-state index in [0.717, 1.165) is 38.2 Å². The van der Waals surface area contributed by atoms with Gasteiger partial charge in [-0.3, -0.25) is 9.59 Å². The van der Waals surface area contributed by atoms with Crippen molar-refractivity contribution in [3.63, 3.8) is 0 Å². The van der Waals surface area contributed by atoms with Crippen molar-refractivity contribution in [2.24, 2.45) is 0 Å². The second kappa shape index (κ2) is 10.7. The lowest BCUT2D eigenvalue weighted by atomic mass is 10.1. The molecular formula is C26H24BrN5O3S. The Morgan fingerprint density at radius 2 is 2.03 bits per heavy atom. The first-order valence-electron chi connectivity index (χ1n) is 11.4. The second-order valence-corrected chi connectivity index (χ2v) is 9.95. The minimum absolute atomic E-state index is 0.0289. The van der Waals surface area contributed by atoms with Gasteiger partial charge in [-0.15, -0.1) is 0 Å². The van der Waals surface area contributed by atoms with Gasteiger partial charge < -0.3 is 20.3 Å². The van der Waals surface area contributed by atoms with Crippen LogP contribution >= 0.6 is 27.3 Å². The van der Waals surface area contributed by atoms with Crippen molar-refractivity contribution in [3.05, 3.63) is 81.1 Å². The van der Waals surface area contributed by atoms with Crippen LogP contribution in [0.2, 0.25) is 0 Å². The molecule has 2 aromatic heterocycles. The Bertz CT molecular complexity index is 1370. The maximum absolute atomic E-state index is 12.9. The van der Waals surface area contributed by atoms with Crippen LogP contribution in [-0.4, -0.2) is 47.2 Å². The third-order valence-electron chi connectivity index (χ3n) is 6.07. The van der Waals surface area contributed by atoms with E-state index < -0.39 is 6.23 Å². The highest BCUT2D eigenvalue weighted by atomic mass is 79.9. The Kier molecular flexibility index (Phi) is 7.17. The summed E-state index contributed by atoms with van der Waals surface area (Å²) in [6, 6.07) is 15.7. The molecule has 1 unspecified atom stereocenters. The molecule has 0 bridgehead atoms. The predicted molar refractivity (Wildman–Crippen MR) is 144 cm³/mol. The Hall–Kier alpha value is -3.47. The molecular weight excluding hydrogens is 542 g/mol. The number of nitrogens with zero attached hydrogens (tertiary/aromatic N) is 3. The van der Waals surface area contributed by atoms with Crippen LogP contribution in [0, 0.1) is 0 Å². The van der Waals surface area contributed by atoms with Crippen LogP contribution in [0.25, 0.3) is 16.9 Å². The number of hydrogen-bond donors (Lipinski definition) is 2. The number of thiophene rings is 1. The molecule has 8 nitrogen and oxygen atoms in total. The minimum atomic E-state index is -0.531. The predicted octanol–water partition coefficient (Wildman–Crippen LogP) is 5.07. The molecule has 2 amide bonds. The van der Waals surface area contributed by atoms with Gasteiger partial charge in [-0.2, -0.15) is 16.4 Å². The second-order valence-electron chi connectivity index (χ2n) is 8.26. The van der Waals surface area contributed by atoms with Gasteiger partial charge in [0.05, 0.1) is 17.1 Å². The Labute approximate surface area is 221 Å². The minimum Gasteiger partial charge on any atom is -0.386 e. The Morgan fingerprint density at radius 1 is 1.19 bits per heavy atom. The van der Waals surface area contributed by atoms with Crippen LogP contribution in [0.5, 0.6) is 0 Å². The fraction of sp³-hybridized carbons (Fsp3) is 0.192. The smallest absolute Gasteiger partial charge is 0.250 e. The van der Waals surface area contributed by atoms with Crippen molar-refractivity contribution in [1.82, 2.24) is 14.7 Å². The van der Waals surface area contributed by atoms with Crippen molar-refractivity contribution in [2.45, 2.75) is 12.6 Å². The van der Waals surface area contributed by atoms with Gasteiger partial charge in [-0.05, 0) is 59.8 Å². The quantitative estimate of drug-likeness (QED) is 0.276. The summed E-state index contributed by atoms with van der Waals surface area (Å²) < 4.78 is 8.83. The van der Waals surface area contributed by atoms with Crippen LogP contribution in [-0.2, 0) is 20.7 Å². The van der Waals surface area contributed by atoms with Gasteiger partial charge in [-0.1, -0.05) is 22.0 Å². The van der Waals surface area contributed by atoms with Crippen LogP contribution in [0.15, 0.2) is 70.0 Å². The molecule has 1 atom stereocenters. The first-order chi connectivity index (χ1) is 17.6. The fourth-order valence-electron chi connectivity index (χ4n) is 4.26. The van der Waals surface area contributed by atoms with Gasteiger partial charge in [0, 0.05) is 40.8 Å². The van der Waals surface area contributed by atoms with E-state index in [4.69, 9.17) is 9.84 Å². The molecule has 0 radical (unpaired) electrons. The standard InChI is InChI=1S/C26H24BrN5O3S/c1-28-23-12-17(2-7-22(23)29-16-33)8-10-31-24(34)14-35-26(31)21-13-32(20-5-3-19(27)4-6-20)30-25(21)18-9-11-36-15-18/h2-7,9,11-13,15-16,26,28H,8,10,14H2,1H3,(H,29,33). The summed E-state index contributed by atoms with van der Waals surface area (Å²) >= 11 is 5.08. The monoisotopic (exact) mass is 565 g/mol. The highest BCUT2D eigenvalue weighted by molar-refractivity contribution is 9.10. The lowest BCUT2D eigenvalue weighted by Crippen LogP contribution is -2.30. The van der Waals surface area contributed by atoms with E-state index in [9.17, 15) is 9.59 Å². The molecule has 4 aromatic rings. The summed E-state index contributed by atoms with van der Waals surface area (Å²) in [5.41, 5.74) is 6.12. The zero-order chi connectivity index (χ0) is 25.1. The van der Waals surface area contributed by atoms with E-state index in [1.54, 1.807) is 23.3 Å². The maximum Gasteiger partial charge on any atom is 0.250 e. The number of carbonyl (C=O) groups excluding carboxylic acids is 2. The summed E-state index contributed by atoms with van der Waals surface area (Å²) in [6.07, 6.45) is 2.71. The molecule has 1 aliphatic rings. The number of benzene rings is 2. The number of amides is 2. The average molecular weight is 566 g/mol. The summed E-state index contributed by atoms with van der Waals surface area (Å²) in [4.78, 5) is 25.5. The number of ether oxygens (including phenoxy) is 1. The van der Waals surface area contributed by atoms with Crippen LogP contribution in [0.3, 0.4) is 0 Å². The molecule has 3 heterocycles. The molecule has 2 aromatic carbocycles. The number of aromatic nitrogens is 2. The van der Waals surface area contributed by atoms with E-state index in [2.05, 4.69) is 26.6 Å². The molecule has 1 saturated heterocycles. The lowest BCUT2D eigenvalue weighted by molar-refractivity contribution is -0.128. The van der Waals surface area contributed by atoms with E-state index in [-0.39, 0.29) is 12.5 Å². The topological polar surface area (TPSA) is 88.5 Å².